The molecule has 0 bridgehead atoms. The Morgan fingerprint density at radius 3 is 2.32 bits per heavy atom. The van der Waals surface area contributed by atoms with Crippen LogP contribution in [0.15, 0.2) is 48.5 Å². The summed E-state index contributed by atoms with van der Waals surface area (Å²) >= 11 is 0. The predicted octanol–water partition coefficient (Wildman–Crippen LogP) is 3.56. The highest BCUT2D eigenvalue weighted by atomic mass is 16.5. The van der Waals surface area contributed by atoms with E-state index in [2.05, 4.69) is 39.6 Å². The van der Waals surface area contributed by atoms with Crippen molar-refractivity contribution in [2.24, 2.45) is 0 Å². The van der Waals surface area contributed by atoms with Crippen LogP contribution in [0.25, 0.3) is 0 Å². The first-order valence-electron chi connectivity index (χ1n) is 11.1. The summed E-state index contributed by atoms with van der Waals surface area (Å²) in [5.41, 5.74) is 2.99. The van der Waals surface area contributed by atoms with Crippen LogP contribution in [0.2, 0.25) is 0 Å². The lowest BCUT2D eigenvalue weighted by atomic mass is 10.0. The molecule has 2 amide bonds. The molecule has 2 heterocycles. The average molecular weight is 424 g/mol. The number of hydrogen-bond donors (Lipinski definition) is 2. The molecule has 166 valence electrons. The number of ether oxygens (including phenoxy) is 1. The van der Waals surface area contributed by atoms with Crippen LogP contribution in [0.1, 0.15) is 12.8 Å². The Morgan fingerprint density at radius 2 is 1.65 bits per heavy atom. The summed E-state index contributed by atoms with van der Waals surface area (Å²) in [5.74, 6) is 0.843. The zero-order chi connectivity index (χ0) is 21.6. The molecule has 2 aromatic carbocycles. The molecule has 0 saturated carbocycles. The van der Waals surface area contributed by atoms with Gasteiger partial charge in [-0.15, -0.1) is 0 Å². The summed E-state index contributed by atoms with van der Waals surface area (Å²) in [6.07, 6.45) is 1.88. The maximum atomic E-state index is 12.9. The van der Waals surface area contributed by atoms with Crippen molar-refractivity contribution < 1.29 is 9.53 Å². The normalized spacial score (nSPS) is 18.0. The van der Waals surface area contributed by atoms with Gasteiger partial charge in [0, 0.05) is 56.7 Å². The summed E-state index contributed by atoms with van der Waals surface area (Å²) in [5, 5.41) is 6.66. The van der Waals surface area contributed by atoms with Crippen LogP contribution >= 0.6 is 0 Å². The van der Waals surface area contributed by atoms with Crippen LogP contribution in [0.5, 0.6) is 5.75 Å². The minimum absolute atomic E-state index is 0.0346. The van der Waals surface area contributed by atoms with E-state index in [0.29, 0.717) is 6.04 Å². The van der Waals surface area contributed by atoms with Gasteiger partial charge >= 0.3 is 6.03 Å². The fraction of sp³-hybridized carbons (Fsp3) is 0.458. The largest absolute Gasteiger partial charge is 0.495 e. The van der Waals surface area contributed by atoms with Gasteiger partial charge in [0.05, 0.1) is 12.8 Å². The third-order valence-electron chi connectivity index (χ3n) is 6.20. The van der Waals surface area contributed by atoms with Gasteiger partial charge in [0.15, 0.2) is 0 Å². The van der Waals surface area contributed by atoms with Gasteiger partial charge in [-0.3, -0.25) is 0 Å². The van der Waals surface area contributed by atoms with Gasteiger partial charge in [0.25, 0.3) is 0 Å². The van der Waals surface area contributed by atoms with Crippen molar-refractivity contribution in [2.45, 2.75) is 18.9 Å². The molecular weight excluding hydrogens is 390 g/mol. The molecule has 31 heavy (non-hydrogen) atoms. The number of para-hydroxylation sites is 1. The average Bonchev–Trinajstić information content (AvgIpc) is 2.81. The van der Waals surface area contributed by atoms with Crippen LogP contribution in [-0.2, 0) is 0 Å². The second-order valence-corrected chi connectivity index (χ2v) is 8.38. The first-order valence-corrected chi connectivity index (χ1v) is 11.1. The number of hydrogen-bond acceptors (Lipinski definition) is 5. The third kappa shape index (κ3) is 5.41. The smallest absolute Gasteiger partial charge is 0.321 e. The number of methoxy groups -OCH3 is 1. The van der Waals surface area contributed by atoms with Crippen LogP contribution in [0.3, 0.4) is 0 Å². The second kappa shape index (κ2) is 9.92. The Bertz CT molecular complexity index is 860. The Balaban J connectivity index is 1.34. The summed E-state index contributed by atoms with van der Waals surface area (Å²) in [6.45, 7) is 5.44. The zero-order valence-electron chi connectivity index (χ0n) is 18.5. The number of amides is 2. The highest BCUT2D eigenvalue weighted by Gasteiger charge is 2.24. The predicted molar refractivity (Wildman–Crippen MR) is 126 cm³/mol. The number of benzene rings is 2. The molecule has 0 unspecified atom stereocenters. The van der Waals surface area contributed by atoms with E-state index in [1.807, 2.05) is 41.3 Å². The molecule has 0 aliphatic carbocycles. The van der Waals surface area contributed by atoms with E-state index in [1.54, 1.807) is 7.11 Å². The minimum atomic E-state index is -0.0346. The molecule has 7 heteroatoms. The summed E-state index contributed by atoms with van der Waals surface area (Å²) < 4.78 is 5.58. The van der Waals surface area contributed by atoms with E-state index >= 15 is 0 Å². The molecule has 2 fully saturated rings. The van der Waals surface area contributed by atoms with E-state index in [4.69, 9.17) is 4.74 Å². The monoisotopic (exact) mass is 423 g/mol. The van der Waals surface area contributed by atoms with Crippen molar-refractivity contribution in [1.82, 2.24) is 9.80 Å². The molecule has 7 nitrogen and oxygen atoms in total. The number of carbonyl (C=O) groups excluding carboxylic acids is 1. The van der Waals surface area contributed by atoms with Crippen molar-refractivity contribution in [3.05, 3.63) is 48.5 Å². The first kappa shape index (κ1) is 21.3. The van der Waals surface area contributed by atoms with Crippen LogP contribution in [0.4, 0.5) is 21.9 Å². The minimum Gasteiger partial charge on any atom is -0.495 e. The molecular formula is C24H33N5O2. The Hall–Kier alpha value is -2.93. The summed E-state index contributed by atoms with van der Waals surface area (Å²) in [7, 11) is 3.84. The third-order valence-corrected chi connectivity index (χ3v) is 6.20. The molecule has 2 aliphatic heterocycles. The fourth-order valence-corrected chi connectivity index (χ4v) is 4.26. The number of likely N-dealkylation sites (tertiary alicyclic amines) is 1. The number of nitrogens with zero attached hydrogens (tertiary/aromatic N) is 3. The Kier molecular flexibility index (Phi) is 6.82. The molecule has 0 aromatic heterocycles. The van der Waals surface area contributed by atoms with E-state index in [9.17, 15) is 4.79 Å². The standard InChI is InChI=1S/C24H33N5O2/c1-27-14-16-28(17-15-27)22-18-21(8-9-23(22)31-2)26-24(30)29-12-10-20(11-13-29)25-19-6-4-3-5-7-19/h3-9,18,20,25H,10-17H2,1-2H3,(H,26,30). The van der Waals surface area contributed by atoms with E-state index in [-0.39, 0.29) is 6.03 Å². The first-order chi connectivity index (χ1) is 15.1. The fourth-order valence-electron chi connectivity index (χ4n) is 4.26. The number of rotatable bonds is 5. The van der Waals surface area contributed by atoms with Crippen molar-refractivity contribution in [1.29, 1.82) is 0 Å². The van der Waals surface area contributed by atoms with E-state index in [1.165, 1.54) is 0 Å². The lowest BCUT2D eigenvalue weighted by Crippen LogP contribution is -2.45. The number of piperazine rings is 1. The highest BCUT2D eigenvalue weighted by Crippen LogP contribution is 2.32. The van der Waals surface area contributed by atoms with Gasteiger partial charge < -0.3 is 30.1 Å². The van der Waals surface area contributed by atoms with Crippen molar-refractivity contribution in [2.75, 3.05) is 69.0 Å². The number of nitrogens with one attached hydrogen (secondary N) is 2. The molecule has 2 aromatic rings. The molecule has 0 spiro atoms. The van der Waals surface area contributed by atoms with E-state index < -0.39 is 0 Å². The maximum Gasteiger partial charge on any atom is 0.321 e. The summed E-state index contributed by atoms with van der Waals surface area (Å²) in [6, 6.07) is 16.5. The van der Waals surface area contributed by atoms with Gasteiger partial charge in [0.2, 0.25) is 0 Å². The topological polar surface area (TPSA) is 60.1 Å². The van der Waals surface area contributed by atoms with Crippen LogP contribution in [-0.4, -0.2) is 75.3 Å². The zero-order valence-corrected chi connectivity index (χ0v) is 18.5. The van der Waals surface area contributed by atoms with Gasteiger partial charge in [0.1, 0.15) is 5.75 Å². The number of likely N-dealkylation sites (N-methyl/N-ethyl adjacent to an activating group) is 1. The number of carbonyl (C=O) groups is 1. The van der Waals surface area contributed by atoms with Gasteiger partial charge in [-0.25, -0.2) is 4.79 Å². The molecule has 4 rings (SSSR count). The Morgan fingerprint density at radius 1 is 0.935 bits per heavy atom. The van der Waals surface area contributed by atoms with Crippen molar-refractivity contribution >= 4 is 23.1 Å². The lowest BCUT2D eigenvalue weighted by molar-refractivity contribution is 0.197. The second-order valence-electron chi connectivity index (χ2n) is 8.38. The van der Waals surface area contributed by atoms with Crippen LogP contribution < -0.4 is 20.3 Å². The SMILES string of the molecule is COc1ccc(NC(=O)N2CCC(Nc3ccccc3)CC2)cc1N1CCN(C)CC1. The number of piperidine rings is 1. The Labute approximate surface area is 185 Å². The molecule has 0 atom stereocenters. The molecule has 0 radical (unpaired) electrons. The van der Waals surface area contributed by atoms with Crippen LogP contribution in [0, 0.1) is 0 Å². The quantitative estimate of drug-likeness (QED) is 0.770. The van der Waals surface area contributed by atoms with Crippen molar-refractivity contribution in [3.63, 3.8) is 0 Å². The molecule has 2 aliphatic rings. The van der Waals surface area contributed by atoms with Crippen molar-refractivity contribution in [3.8, 4) is 5.75 Å². The van der Waals surface area contributed by atoms with Gasteiger partial charge in [-0.05, 0) is 50.2 Å². The number of urea groups is 1. The summed E-state index contributed by atoms with van der Waals surface area (Å²) in [4.78, 5) is 19.4. The van der Waals surface area contributed by atoms with Gasteiger partial charge in [-0.2, -0.15) is 0 Å². The molecule has 2 N–H and O–H groups in total. The van der Waals surface area contributed by atoms with Gasteiger partial charge in [-0.1, -0.05) is 18.2 Å². The number of anilines is 3. The highest BCUT2D eigenvalue weighted by molar-refractivity contribution is 5.90. The lowest BCUT2D eigenvalue weighted by Gasteiger charge is -2.35. The van der Waals surface area contributed by atoms with E-state index in [0.717, 1.165) is 74.9 Å². The maximum absolute atomic E-state index is 12.9. The molecule has 2 saturated heterocycles.